The third kappa shape index (κ3) is 2.08. The Bertz CT molecular complexity index is 339. The normalized spacial score (nSPS) is 10.6. The van der Waals surface area contributed by atoms with Crippen LogP contribution in [0.4, 0.5) is 5.95 Å². The fourth-order valence-corrected chi connectivity index (χ4v) is 0.716. The van der Waals surface area contributed by atoms with Crippen molar-refractivity contribution in [3.63, 3.8) is 0 Å². The van der Waals surface area contributed by atoms with Gasteiger partial charge in [-0.3, -0.25) is 0 Å². The van der Waals surface area contributed by atoms with Crippen LogP contribution >= 0.6 is 0 Å². The van der Waals surface area contributed by atoms with Crippen LogP contribution < -0.4 is 11.0 Å². The molecule has 2 N–H and O–H groups in total. The lowest BCUT2D eigenvalue weighted by Crippen LogP contribution is -2.14. The summed E-state index contributed by atoms with van der Waals surface area (Å²) >= 11 is 0. The first kappa shape index (κ1) is 9.30. The van der Waals surface area contributed by atoms with Crippen LogP contribution in [0.15, 0.2) is 9.90 Å². The van der Waals surface area contributed by atoms with E-state index in [0.717, 1.165) is 4.68 Å². The van der Waals surface area contributed by atoms with Crippen LogP contribution in [0.2, 0.25) is 0 Å². The van der Waals surface area contributed by atoms with Crippen molar-refractivity contribution < 1.29 is 4.74 Å². The number of nitrogens with zero attached hydrogens (tertiary/aromatic N) is 3. The molecule has 0 aromatic carbocycles. The SMILES string of the molecule is CCOC=Nn1c(NC)n[nH]c1=O. The summed E-state index contributed by atoms with van der Waals surface area (Å²) in [6.45, 7) is 2.33. The highest BCUT2D eigenvalue weighted by molar-refractivity contribution is 5.46. The fourth-order valence-electron chi connectivity index (χ4n) is 0.716. The van der Waals surface area contributed by atoms with Crippen molar-refractivity contribution in [3.8, 4) is 0 Å². The van der Waals surface area contributed by atoms with Crippen LogP contribution in [0.1, 0.15) is 6.92 Å². The van der Waals surface area contributed by atoms with Crippen LogP contribution in [0, 0.1) is 0 Å². The zero-order valence-corrected chi connectivity index (χ0v) is 7.44. The summed E-state index contributed by atoms with van der Waals surface area (Å²) in [6, 6.07) is 0. The molecule has 0 saturated carbocycles. The third-order valence-electron chi connectivity index (χ3n) is 1.28. The summed E-state index contributed by atoms with van der Waals surface area (Å²) in [6.07, 6.45) is 1.19. The highest BCUT2D eigenvalue weighted by Gasteiger charge is 2.02. The molecule has 0 saturated heterocycles. The smallest absolute Gasteiger partial charge is 0.365 e. The van der Waals surface area contributed by atoms with Gasteiger partial charge in [0.25, 0.3) is 0 Å². The summed E-state index contributed by atoms with van der Waals surface area (Å²) in [5.41, 5.74) is -0.416. The molecule has 0 aliphatic rings. The first-order chi connectivity index (χ1) is 6.29. The van der Waals surface area contributed by atoms with E-state index in [-0.39, 0.29) is 0 Å². The summed E-state index contributed by atoms with van der Waals surface area (Å²) in [5, 5.41) is 12.3. The molecule has 0 radical (unpaired) electrons. The molecule has 0 amide bonds. The average Bonchev–Trinajstić information content (AvgIpc) is 2.48. The number of rotatable bonds is 4. The van der Waals surface area contributed by atoms with Gasteiger partial charge in [-0.05, 0) is 6.92 Å². The molecular weight excluding hydrogens is 174 g/mol. The number of nitrogens with one attached hydrogen (secondary N) is 2. The van der Waals surface area contributed by atoms with Gasteiger partial charge in [0.1, 0.15) is 0 Å². The lowest BCUT2D eigenvalue weighted by Gasteiger charge is -1.96. The molecule has 1 heterocycles. The minimum absolute atomic E-state index is 0.334. The summed E-state index contributed by atoms with van der Waals surface area (Å²) < 4.78 is 5.91. The van der Waals surface area contributed by atoms with Crippen LogP contribution in [-0.4, -0.2) is 34.9 Å². The maximum atomic E-state index is 11.0. The van der Waals surface area contributed by atoms with E-state index in [4.69, 9.17) is 4.74 Å². The lowest BCUT2D eigenvalue weighted by molar-refractivity contribution is 0.340. The predicted octanol–water partition coefficient (Wildman–Crippen LogP) is -0.559. The van der Waals surface area contributed by atoms with E-state index >= 15 is 0 Å². The summed E-state index contributed by atoms with van der Waals surface area (Å²) in [7, 11) is 1.64. The molecular formula is C6H11N5O2. The quantitative estimate of drug-likeness (QED) is 0.486. The topological polar surface area (TPSA) is 84.3 Å². The zero-order valence-electron chi connectivity index (χ0n) is 7.44. The second kappa shape index (κ2) is 4.29. The summed E-state index contributed by atoms with van der Waals surface area (Å²) in [4.78, 5) is 11.0. The number of H-pyrrole nitrogens is 1. The second-order valence-electron chi connectivity index (χ2n) is 2.09. The van der Waals surface area contributed by atoms with Crippen LogP contribution in [0.25, 0.3) is 0 Å². The molecule has 72 valence electrons. The first-order valence-corrected chi connectivity index (χ1v) is 3.79. The van der Waals surface area contributed by atoms with Crippen molar-refractivity contribution in [1.82, 2.24) is 14.9 Å². The molecule has 0 unspecified atom stereocenters. The minimum atomic E-state index is -0.416. The van der Waals surface area contributed by atoms with E-state index in [1.807, 2.05) is 6.92 Å². The van der Waals surface area contributed by atoms with Gasteiger partial charge in [-0.15, -0.1) is 14.9 Å². The van der Waals surface area contributed by atoms with Gasteiger partial charge in [0, 0.05) is 7.05 Å². The Labute approximate surface area is 74.4 Å². The molecule has 13 heavy (non-hydrogen) atoms. The Balaban J connectivity index is 2.85. The van der Waals surface area contributed by atoms with E-state index in [9.17, 15) is 4.79 Å². The molecule has 7 heteroatoms. The van der Waals surface area contributed by atoms with Crippen molar-refractivity contribution in [2.45, 2.75) is 6.92 Å². The molecule has 0 atom stereocenters. The minimum Gasteiger partial charge on any atom is -0.482 e. The number of anilines is 1. The number of hydrogen-bond donors (Lipinski definition) is 2. The Hall–Kier alpha value is -1.79. The highest BCUT2D eigenvalue weighted by Crippen LogP contribution is 1.93. The van der Waals surface area contributed by atoms with Gasteiger partial charge in [-0.2, -0.15) is 0 Å². The van der Waals surface area contributed by atoms with Gasteiger partial charge < -0.3 is 10.1 Å². The van der Waals surface area contributed by atoms with Crippen molar-refractivity contribution in [3.05, 3.63) is 10.5 Å². The van der Waals surface area contributed by atoms with E-state index in [1.165, 1.54) is 6.40 Å². The van der Waals surface area contributed by atoms with Crippen molar-refractivity contribution in [2.24, 2.45) is 5.10 Å². The van der Waals surface area contributed by atoms with Crippen LogP contribution in [0.5, 0.6) is 0 Å². The maximum absolute atomic E-state index is 11.0. The molecule has 7 nitrogen and oxygen atoms in total. The molecule has 0 spiro atoms. The number of aromatic amines is 1. The Morgan fingerprint density at radius 1 is 1.85 bits per heavy atom. The second-order valence-corrected chi connectivity index (χ2v) is 2.09. The van der Waals surface area contributed by atoms with E-state index in [2.05, 4.69) is 20.6 Å². The molecule has 1 rings (SSSR count). The van der Waals surface area contributed by atoms with Crippen molar-refractivity contribution in [1.29, 1.82) is 0 Å². The summed E-state index contributed by atoms with van der Waals surface area (Å²) in [5.74, 6) is 0.334. The third-order valence-corrected chi connectivity index (χ3v) is 1.28. The fraction of sp³-hybridized carbons (Fsp3) is 0.500. The van der Waals surface area contributed by atoms with Gasteiger partial charge in [-0.25, -0.2) is 9.89 Å². The molecule has 1 aromatic heterocycles. The molecule has 0 aliphatic heterocycles. The average molecular weight is 185 g/mol. The van der Waals surface area contributed by atoms with Crippen LogP contribution in [0.3, 0.4) is 0 Å². The van der Waals surface area contributed by atoms with Crippen molar-refractivity contribution in [2.75, 3.05) is 19.0 Å². The maximum Gasteiger partial charge on any atom is 0.365 e. The number of hydrogen-bond acceptors (Lipinski definition) is 5. The monoisotopic (exact) mass is 185 g/mol. The number of ether oxygens (including phenoxy) is 1. The van der Waals surface area contributed by atoms with E-state index in [0.29, 0.717) is 12.6 Å². The first-order valence-electron chi connectivity index (χ1n) is 3.79. The van der Waals surface area contributed by atoms with Gasteiger partial charge >= 0.3 is 5.69 Å². The predicted molar refractivity (Wildman–Crippen MR) is 47.9 cm³/mol. The Morgan fingerprint density at radius 2 is 2.62 bits per heavy atom. The molecule has 0 aliphatic carbocycles. The molecule has 0 fully saturated rings. The van der Waals surface area contributed by atoms with E-state index < -0.39 is 5.69 Å². The molecule has 0 bridgehead atoms. The number of aromatic nitrogens is 3. The lowest BCUT2D eigenvalue weighted by atomic mass is 10.9. The Kier molecular flexibility index (Phi) is 3.07. The largest absolute Gasteiger partial charge is 0.482 e. The van der Waals surface area contributed by atoms with Gasteiger partial charge in [-0.1, -0.05) is 0 Å². The highest BCUT2D eigenvalue weighted by atomic mass is 16.5. The Morgan fingerprint density at radius 3 is 3.23 bits per heavy atom. The van der Waals surface area contributed by atoms with E-state index in [1.54, 1.807) is 7.05 Å². The van der Waals surface area contributed by atoms with Crippen molar-refractivity contribution >= 4 is 12.3 Å². The standard InChI is InChI=1S/C6H11N5O2/c1-3-13-4-8-11-5(7-2)9-10-6(11)12/h4H,3H2,1-2H3,(H,7,9)(H,10,12). The van der Waals surface area contributed by atoms with Crippen LogP contribution in [-0.2, 0) is 4.74 Å². The van der Waals surface area contributed by atoms with Gasteiger partial charge in [0.05, 0.1) is 6.61 Å². The molecule has 1 aromatic rings. The van der Waals surface area contributed by atoms with Gasteiger partial charge in [0.2, 0.25) is 5.95 Å². The van der Waals surface area contributed by atoms with Gasteiger partial charge in [0.15, 0.2) is 6.40 Å². The zero-order chi connectivity index (χ0) is 9.68.